The average Bonchev–Trinajstić information content (AvgIpc) is 2.36. The molecule has 0 saturated carbocycles. The summed E-state index contributed by atoms with van der Waals surface area (Å²) in [7, 11) is 0. The first kappa shape index (κ1) is 15.1. The van der Waals surface area contributed by atoms with E-state index in [9.17, 15) is 8.78 Å². The van der Waals surface area contributed by atoms with Crippen LogP contribution in [0.3, 0.4) is 0 Å². The molecule has 0 radical (unpaired) electrons. The van der Waals surface area contributed by atoms with Gasteiger partial charge in [0, 0.05) is 32.1 Å². The van der Waals surface area contributed by atoms with Crippen LogP contribution in [0.5, 0.6) is 0 Å². The molecule has 0 aromatic rings. The van der Waals surface area contributed by atoms with E-state index in [-0.39, 0.29) is 13.0 Å². The van der Waals surface area contributed by atoms with Crippen LogP contribution < -0.4 is 5.73 Å². The lowest BCUT2D eigenvalue weighted by atomic mass is 10.1. The van der Waals surface area contributed by atoms with Crippen molar-refractivity contribution < 1.29 is 13.5 Å². The molecule has 0 amide bonds. The highest BCUT2D eigenvalue weighted by Gasteiger charge is 2.34. The Labute approximate surface area is 113 Å². The van der Waals surface area contributed by atoms with Gasteiger partial charge in [0.2, 0.25) is 0 Å². The topological polar surface area (TPSA) is 41.7 Å². The highest BCUT2D eigenvalue weighted by molar-refractivity contribution is 4.78. The molecule has 112 valence electrons. The molecule has 2 heterocycles. The van der Waals surface area contributed by atoms with Crippen molar-refractivity contribution in [2.45, 2.75) is 37.6 Å². The van der Waals surface area contributed by atoms with Crippen LogP contribution in [0.4, 0.5) is 8.78 Å². The fourth-order valence-electron chi connectivity index (χ4n) is 2.71. The largest absolute Gasteiger partial charge is 0.365 e. The lowest BCUT2D eigenvalue weighted by molar-refractivity contribution is -0.0721. The van der Waals surface area contributed by atoms with Crippen molar-refractivity contribution in [1.29, 1.82) is 0 Å². The summed E-state index contributed by atoms with van der Waals surface area (Å²) in [5.41, 5.74) is 5.83. The van der Waals surface area contributed by atoms with Gasteiger partial charge in [-0.1, -0.05) is 0 Å². The zero-order valence-corrected chi connectivity index (χ0v) is 11.5. The Balaban J connectivity index is 1.54. The monoisotopic (exact) mass is 277 g/mol. The molecule has 2 aliphatic rings. The van der Waals surface area contributed by atoms with E-state index in [1.54, 1.807) is 4.90 Å². The van der Waals surface area contributed by atoms with E-state index in [0.29, 0.717) is 32.3 Å². The molecule has 19 heavy (non-hydrogen) atoms. The fraction of sp³-hybridized carbons (Fsp3) is 1.00. The molecule has 0 bridgehead atoms. The lowest BCUT2D eigenvalue weighted by Crippen LogP contribution is -2.44. The summed E-state index contributed by atoms with van der Waals surface area (Å²) in [5, 5.41) is 0. The molecular weight excluding hydrogens is 252 g/mol. The fourth-order valence-corrected chi connectivity index (χ4v) is 2.71. The number of likely N-dealkylation sites (tertiary alicyclic amines) is 2. The van der Waals surface area contributed by atoms with Crippen LogP contribution in [-0.4, -0.2) is 67.8 Å². The zero-order valence-electron chi connectivity index (χ0n) is 11.5. The second-order valence-corrected chi connectivity index (χ2v) is 5.73. The van der Waals surface area contributed by atoms with Crippen LogP contribution in [0, 0.1) is 0 Å². The first-order valence-electron chi connectivity index (χ1n) is 7.21. The van der Waals surface area contributed by atoms with Crippen LogP contribution in [0.1, 0.15) is 25.7 Å². The number of halogens is 2. The number of nitrogens with two attached hydrogens (primary N) is 1. The second kappa shape index (κ2) is 6.92. The van der Waals surface area contributed by atoms with Gasteiger partial charge in [0.1, 0.15) is 0 Å². The number of ether oxygens (including phenoxy) is 1. The van der Waals surface area contributed by atoms with Crippen LogP contribution in [0.15, 0.2) is 0 Å². The quantitative estimate of drug-likeness (QED) is 0.765. The predicted octanol–water partition coefficient (Wildman–Crippen LogP) is 1.11. The van der Waals surface area contributed by atoms with Gasteiger partial charge in [-0.05, 0) is 25.8 Å². The molecule has 6 heteroatoms. The van der Waals surface area contributed by atoms with Gasteiger partial charge in [-0.25, -0.2) is 8.78 Å². The Morgan fingerprint density at radius 3 is 2.58 bits per heavy atom. The molecule has 2 aliphatic heterocycles. The molecular formula is C13H25F2N3O. The predicted molar refractivity (Wildman–Crippen MR) is 70.2 cm³/mol. The third kappa shape index (κ3) is 5.30. The number of piperidine rings is 2. The molecule has 0 aromatic carbocycles. The number of hydrogen-bond acceptors (Lipinski definition) is 4. The van der Waals surface area contributed by atoms with Crippen LogP contribution in [0.2, 0.25) is 0 Å². The SMILES string of the molecule is NC1CCN(COCCN2CCCC(F)(F)C2)CC1. The summed E-state index contributed by atoms with van der Waals surface area (Å²) in [6.07, 6.45) is 2.64. The highest BCUT2D eigenvalue weighted by Crippen LogP contribution is 2.26. The van der Waals surface area contributed by atoms with E-state index in [1.165, 1.54) is 0 Å². The molecule has 2 fully saturated rings. The van der Waals surface area contributed by atoms with Crippen molar-refractivity contribution in [2.75, 3.05) is 46.1 Å². The summed E-state index contributed by atoms with van der Waals surface area (Å²) in [6.45, 7) is 4.32. The molecule has 0 aromatic heterocycles. The minimum atomic E-state index is -2.51. The van der Waals surface area contributed by atoms with Crippen molar-refractivity contribution >= 4 is 0 Å². The van der Waals surface area contributed by atoms with Gasteiger partial charge in [0.05, 0.1) is 19.9 Å². The second-order valence-electron chi connectivity index (χ2n) is 5.73. The zero-order chi connectivity index (χ0) is 13.7. The average molecular weight is 277 g/mol. The molecule has 2 saturated heterocycles. The third-order valence-corrected chi connectivity index (χ3v) is 3.93. The van der Waals surface area contributed by atoms with Gasteiger partial charge in [0.15, 0.2) is 0 Å². The number of hydrogen-bond donors (Lipinski definition) is 1. The normalized spacial score (nSPS) is 26.7. The Morgan fingerprint density at radius 1 is 1.16 bits per heavy atom. The van der Waals surface area contributed by atoms with Gasteiger partial charge in [-0.15, -0.1) is 0 Å². The number of nitrogens with zero attached hydrogens (tertiary/aromatic N) is 2. The van der Waals surface area contributed by atoms with E-state index in [0.717, 1.165) is 32.5 Å². The summed E-state index contributed by atoms with van der Waals surface area (Å²) >= 11 is 0. The standard InChI is InChI=1S/C13H25F2N3O/c14-13(15)4-1-5-17(10-13)8-9-19-11-18-6-2-12(16)3-7-18/h12H,1-11,16H2. The van der Waals surface area contributed by atoms with Gasteiger partial charge in [-0.3, -0.25) is 9.80 Å². The maximum Gasteiger partial charge on any atom is 0.260 e. The van der Waals surface area contributed by atoms with Gasteiger partial charge < -0.3 is 10.5 Å². The molecule has 4 nitrogen and oxygen atoms in total. The van der Waals surface area contributed by atoms with Crippen LogP contribution in [-0.2, 0) is 4.74 Å². The van der Waals surface area contributed by atoms with Crippen LogP contribution >= 0.6 is 0 Å². The number of rotatable bonds is 5. The summed E-state index contributed by atoms with van der Waals surface area (Å²) in [6, 6.07) is 0.326. The number of alkyl halides is 2. The highest BCUT2D eigenvalue weighted by atomic mass is 19.3. The minimum Gasteiger partial charge on any atom is -0.365 e. The van der Waals surface area contributed by atoms with Gasteiger partial charge >= 0.3 is 0 Å². The van der Waals surface area contributed by atoms with Crippen molar-refractivity contribution in [3.05, 3.63) is 0 Å². The van der Waals surface area contributed by atoms with Crippen molar-refractivity contribution in [3.63, 3.8) is 0 Å². The Hall–Kier alpha value is -0.300. The summed E-state index contributed by atoms with van der Waals surface area (Å²) < 4.78 is 32.0. The van der Waals surface area contributed by atoms with Crippen molar-refractivity contribution in [2.24, 2.45) is 5.73 Å². The summed E-state index contributed by atoms with van der Waals surface area (Å²) in [5.74, 6) is -2.51. The molecule has 0 spiro atoms. The lowest BCUT2D eigenvalue weighted by Gasteiger charge is -2.33. The Kier molecular flexibility index (Phi) is 5.50. The van der Waals surface area contributed by atoms with E-state index in [1.807, 2.05) is 0 Å². The molecule has 2 rings (SSSR count). The van der Waals surface area contributed by atoms with Crippen molar-refractivity contribution in [3.8, 4) is 0 Å². The van der Waals surface area contributed by atoms with E-state index < -0.39 is 5.92 Å². The van der Waals surface area contributed by atoms with Gasteiger partial charge in [0.25, 0.3) is 5.92 Å². The molecule has 0 atom stereocenters. The van der Waals surface area contributed by atoms with E-state index >= 15 is 0 Å². The molecule has 0 unspecified atom stereocenters. The Bertz CT molecular complexity index is 271. The molecule has 2 N–H and O–H groups in total. The van der Waals surface area contributed by atoms with Crippen LogP contribution in [0.25, 0.3) is 0 Å². The van der Waals surface area contributed by atoms with Crippen molar-refractivity contribution in [1.82, 2.24) is 9.80 Å². The van der Waals surface area contributed by atoms with E-state index in [4.69, 9.17) is 10.5 Å². The Morgan fingerprint density at radius 2 is 1.89 bits per heavy atom. The third-order valence-electron chi connectivity index (χ3n) is 3.93. The first-order valence-corrected chi connectivity index (χ1v) is 7.21. The smallest absolute Gasteiger partial charge is 0.260 e. The molecule has 0 aliphatic carbocycles. The first-order chi connectivity index (χ1) is 9.05. The van der Waals surface area contributed by atoms with E-state index in [2.05, 4.69) is 4.90 Å². The maximum atomic E-state index is 13.2. The van der Waals surface area contributed by atoms with Gasteiger partial charge in [-0.2, -0.15) is 0 Å². The minimum absolute atomic E-state index is 0.0262. The maximum absolute atomic E-state index is 13.2. The summed E-state index contributed by atoms with van der Waals surface area (Å²) in [4.78, 5) is 4.03.